The molecule has 190 valence electrons. The molecule has 0 spiro atoms. The van der Waals surface area contributed by atoms with Gasteiger partial charge in [0.2, 0.25) is 0 Å². The summed E-state index contributed by atoms with van der Waals surface area (Å²) in [5, 5.41) is 2.44. The van der Waals surface area contributed by atoms with E-state index in [4.69, 9.17) is 14.2 Å². The Kier molecular flexibility index (Phi) is 7.68. The molecular formula is C29H40O5Si. The minimum absolute atomic E-state index is 0.122. The van der Waals surface area contributed by atoms with Crippen molar-refractivity contribution < 1.29 is 23.8 Å². The van der Waals surface area contributed by atoms with Gasteiger partial charge in [-0.15, -0.1) is 0 Å². The molecule has 3 rings (SSSR count). The summed E-state index contributed by atoms with van der Waals surface area (Å²) in [7, 11) is 1.75. The van der Waals surface area contributed by atoms with Crippen LogP contribution >= 0.6 is 0 Å². The standard InChI is InChI=1S/C29H40O5Si/c1-27(2,3)35(22-15-11-9-12-16-22,23-17-13-10-14-18-23)20-21-19-24(32-6)28(4,5)29(21,25(30)33-7)26(31)34-8/h9-18,21,24H,19-20H2,1-8H3/t21-,24+/m1/s1. The third kappa shape index (κ3) is 4.04. The normalized spacial score (nSPS) is 21.4. The highest BCUT2D eigenvalue weighted by Gasteiger charge is 2.72. The molecule has 6 heteroatoms. The summed E-state index contributed by atoms with van der Waals surface area (Å²) in [4.78, 5) is 27.3. The fourth-order valence-corrected chi connectivity index (χ4v) is 12.7. The smallest absolute Gasteiger partial charge is 0.324 e. The van der Waals surface area contributed by atoms with E-state index in [9.17, 15) is 9.59 Å². The van der Waals surface area contributed by atoms with Crippen LogP contribution in [0.15, 0.2) is 60.7 Å². The van der Waals surface area contributed by atoms with Crippen molar-refractivity contribution in [2.24, 2.45) is 16.7 Å². The second-order valence-electron chi connectivity index (χ2n) is 11.3. The maximum atomic E-state index is 13.7. The van der Waals surface area contributed by atoms with Crippen LogP contribution in [0.4, 0.5) is 0 Å². The lowest BCUT2D eigenvalue weighted by molar-refractivity contribution is -0.183. The van der Waals surface area contributed by atoms with E-state index in [2.05, 4.69) is 69.3 Å². The van der Waals surface area contributed by atoms with E-state index in [1.165, 1.54) is 24.6 Å². The molecule has 0 bridgehead atoms. The van der Waals surface area contributed by atoms with Gasteiger partial charge in [-0.2, -0.15) is 0 Å². The van der Waals surface area contributed by atoms with Crippen molar-refractivity contribution in [1.29, 1.82) is 0 Å². The van der Waals surface area contributed by atoms with Crippen molar-refractivity contribution in [3.8, 4) is 0 Å². The molecule has 5 nitrogen and oxygen atoms in total. The summed E-state index contributed by atoms with van der Waals surface area (Å²) in [6, 6.07) is 21.9. The highest BCUT2D eigenvalue weighted by molar-refractivity contribution is 7.04. The second-order valence-corrected chi connectivity index (χ2v) is 16.1. The van der Waals surface area contributed by atoms with Crippen molar-refractivity contribution in [3.63, 3.8) is 0 Å². The summed E-state index contributed by atoms with van der Waals surface area (Å²) in [5.41, 5.74) is -2.30. The SMILES string of the molecule is COC(=O)C1(C(=O)OC)[C@@H](C[Si](c2ccccc2)(c2ccccc2)C(C)(C)C)C[C@H](OC)C1(C)C. The predicted molar refractivity (Wildman–Crippen MR) is 142 cm³/mol. The Morgan fingerprint density at radius 1 is 0.857 bits per heavy atom. The van der Waals surface area contributed by atoms with E-state index in [1.807, 2.05) is 26.0 Å². The first kappa shape index (κ1) is 27.1. The van der Waals surface area contributed by atoms with Gasteiger partial charge in [-0.3, -0.25) is 9.59 Å². The van der Waals surface area contributed by atoms with Crippen molar-refractivity contribution in [1.82, 2.24) is 0 Å². The lowest BCUT2D eigenvalue weighted by atomic mass is 9.63. The molecule has 0 amide bonds. The van der Waals surface area contributed by atoms with Gasteiger partial charge in [0.05, 0.1) is 20.3 Å². The van der Waals surface area contributed by atoms with Gasteiger partial charge in [-0.05, 0) is 23.4 Å². The molecule has 0 unspecified atom stereocenters. The van der Waals surface area contributed by atoms with Crippen LogP contribution in [-0.4, -0.2) is 47.4 Å². The molecule has 1 aliphatic rings. The van der Waals surface area contributed by atoms with Gasteiger partial charge < -0.3 is 14.2 Å². The van der Waals surface area contributed by atoms with Gasteiger partial charge in [0, 0.05) is 12.5 Å². The first-order valence-corrected chi connectivity index (χ1v) is 14.5. The molecule has 0 aromatic heterocycles. The minimum Gasteiger partial charge on any atom is -0.468 e. The van der Waals surface area contributed by atoms with Gasteiger partial charge in [-0.1, -0.05) is 106 Å². The maximum Gasteiger partial charge on any atom is 0.324 e. The van der Waals surface area contributed by atoms with Crippen molar-refractivity contribution >= 4 is 30.4 Å². The Hall–Kier alpha value is -2.44. The van der Waals surface area contributed by atoms with Crippen LogP contribution in [0.5, 0.6) is 0 Å². The average molecular weight is 497 g/mol. The van der Waals surface area contributed by atoms with E-state index in [0.29, 0.717) is 12.5 Å². The molecule has 2 atom stereocenters. The summed E-state index contributed by atoms with van der Waals surface area (Å²) >= 11 is 0. The number of benzene rings is 2. The lowest BCUT2D eigenvalue weighted by Crippen LogP contribution is -2.66. The highest BCUT2D eigenvalue weighted by atomic mass is 28.3. The molecule has 0 heterocycles. The number of rotatable bonds is 7. The van der Waals surface area contributed by atoms with Crippen LogP contribution in [0.25, 0.3) is 0 Å². The largest absolute Gasteiger partial charge is 0.468 e. The van der Waals surface area contributed by atoms with E-state index >= 15 is 0 Å². The predicted octanol–water partition coefficient (Wildman–Crippen LogP) is 4.44. The van der Waals surface area contributed by atoms with Crippen LogP contribution < -0.4 is 10.4 Å². The third-order valence-corrected chi connectivity index (χ3v) is 14.9. The molecule has 1 saturated carbocycles. The monoisotopic (exact) mass is 496 g/mol. The minimum atomic E-state index is -2.60. The Bertz CT molecular complexity index is 971. The van der Waals surface area contributed by atoms with Crippen LogP contribution in [0.1, 0.15) is 41.0 Å². The van der Waals surface area contributed by atoms with Crippen LogP contribution in [-0.2, 0) is 23.8 Å². The number of carbonyl (C=O) groups excluding carboxylic acids is 2. The van der Waals surface area contributed by atoms with Crippen LogP contribution in [0, 0.1) is 16.7 Å². The van der Waals surface area contributed by atoms with Gasteiger partial charge in [0.25, 0.3) is 0 Å². The van der Waals surface area contributed by atoms with E-state index < -0.39 is 30.8 Å². The number of hydrogen-bond donors (Lipinski definition) is 0. The number of methoxy groups -OCH3 is 3. The van der Waals surface area contributed by atoms with Crippen molar-refractivity contribution in [2.75, 3.05) is 21.3 Å². The Labute approximate surface area is 211 Å². The van der Waals surface area contributed by atoms with Crippen LogP contribution in [0.2, 0.25) is 11.1 Å². The van der Waals surface area contributed by atoms with E-state index in [0.717, 1.165) is 0 Å². The Morgan fingerprint density at radius 2 is 1.29 bits per heavy atom. The van der Waals surface area contributed by atoms with Gasteiger partial charge in [-0.25, -0.2) is 0 Å². The number of carbonyl (C=O) groups is 2. The molecule has 1 fully saturated rings. The van der Waals surface area contributed by atoms with Crippen LogP contribution in [0.3, 0.4) is 0 Å². The van der Waals surface area contributed by atoms with Gasteiger partial charge in [0.15, 0.2) is 5.41 Å². The molecule has 2 aromatic carbocycles. The first-order valence-electron chi connectivity index (χ1n) is 12.3. The van der Waals surface area contributed by atoms with E-state index in [1.54, 1.807) is 7.11 Å². The molecule has 2 aromatic rings. The number of hydrogen-bond acceptors (Lipinski definition) is 5. The second kappa shape index (κ2) is 9.90. The summed E-state index contributed by atoms with van der Waals surface area (Å²) in [6.45, 7) is 10.7. The zero-order valence-corrected chi connectivity index (χ0v) is 23.4. The van der Waals surface area contributed by atoms with Gasteiger partial charge >= 0.3 is 11.9 Å². The maximum absolute atomic E-state index is 13.7. The molecular weight excluding hydrogens is 456 g/mol. The fraction of sp³-hybridized carbons (Fsp3) is 0.517. The molecule has 0 N–H and O–H groups in total. The zero-order chi connectivity index (χ0) is 26.1. The summed E-state index contributed by atoms with van der Waals surface area (Å²) in [5.74, 6) is -1.41. The van der Waals surface area contributed by atoms with Crippen molar-refractivity contribution in [2.45, 2.75) is 58.2 Å². The Balaban J connectivity index is 2.36. The van der Waals surface area contributed by atoms with Crippen molar-refractivity contribution in [3.05, 3.63) is 60.7 Å². The summed E-state index contributed by atoms with van der Waals surface area (Å²) < 4.78 is 16.6. The quantitative estimate of drug-likeness (QED) is 0.322. The first-order chi connectivity index (χ1) is 16.4. The third-order valence-electron chi connectivity index (χ3n) is 8.60. The number of esters is 2. The number of ether oxygens (including phenoxy) is 3. The fourth-order valence-electron chi connectivity index (χ4n) is 6.79. The summed E-state index contributed by atoms with van der Waals surface area (Å²) in [6.07, 6.45) is 0.266. The zero-order valence-electron chi connectivity index (χ0n) is 22.4. The molecule has 0 radical (unpaired) electrons. The lowest BCUT2D eigenvalue weighted by Gasteiger charge is -2.48. The molecule has 1 aliphatic carbocycles. The highest BCUT2D eigenvalue weighted by Crippen LogP contribution is 2.61. The molecule has 35 heavy (non-hydrogen) atoms. The van der Waals surface area contributed by atoms with E-state index in [-0.39, 0.29) is 17.1 Å². The molecule has 0 saturated heterocycles. The molecule has 0 aliphatic heterocycles. The average Bonchev–Trinajstić information content (AvgIpc) is 3.07. The Morgan fingerprint density at radius 3 is 1.63 bits per heavy atom. The topological polar surface area (TPSA) is 61.8 Å². The van der Waals surface area contributed by atoms with Gasteiger partial charge in [0.1, 0.15) is 8.07 Å².